The molecule has 1 unspecified atom stereocenters. The third-order valence-corrected chi connectivity index (χ3v) is 5.22. The van der Waals surface area contributed by atoms with E-state index in [1.54, 1.807) is 6.07 Å². The second-order valence-electron chi connectivity index (χ2n) is 5.18. The average molecular weight is 319 g/mol. The number of para-hydroxylation sites is 1. The van der Waals surface area contributed by atoms with Crippen molar-refractivity contribution in [3.05, 3.63) is 24.3 Å². The van der Waals surface area contributed by atoms with Crippen molar-refractivity contribution in [2.45, 2.75) is 36.5 Å². The quantitative estimate of drug-likeness (QED) is 0.906. The van der Waals surface area contributed by atoms with Gasteiger partial charge in [-0.2, -0.15) is 8.78 Å². The van der Waals surface area contributed by atoms with Crippen molar-refractivity contribution in [1.29, 1.82) is 0 Å². The molecule has 1 aromatic rings. The molecule has 7 heteroatoms. The molecule has 0 radical (unpaired) electrons. The van der Waals surface area contributed by atoms with Crippen LogP contribution in [0.3, 0.4) is 0 Å². The molecule has 2 rings (SSSR count). The summed E-state index contributed by atoms with van der Waals surface area (Å²) in [5.41, 5.74) is 0.233. The van der Waals surface area contributed by atoms with Crippen LogP contribution in [-0.2, 0) is 14.6 Å². The van der Waals surface area contributed by atoms with E-state index in [1.165, 1.54) is 18.2 Å². The van der Waals surface area contributed by atoms with E-state index >= 15 is 0 Å². The van der Waals surface area contributed by atoms with E-state index in [2.05, 4.69) is 5.32 Å². The molecular weight excluding hydrogens is 300 g/mol. The Morgan fingerprint density at radius 3 is 2.48 bits per heavy atom. The maximum atomic E-state index is 12.7. The standard InChI is InChI=1S/C14H19F2NO3S/c1-10(11-6-8-20-9-7-11)17-12-4-2-3-5-13(12)21(18,19)14(15)16/h2-5,10-11,14,17H,6-9H2,1H3. The first-order valence-electron chi connectivity index (χ1n) is 6.88. The summed E-state index contributed by atoms with van der Waals surface area (Å²) in [4.78, 5) is -0.348. The molecule has 1 fully saturated rings. The van der Waals surface area contributed by atoms with Crippen LogP contribution in [0.25, 0.3) is 0 Å². The lowest BCUT2D eigenvalue weighted by atomic mass is 9.93. The molecule has 21 heavy (non-hydrogen) atoms. The number of alkyl halides is 2. The molecule has 118 valence electrons. The van der Waals surface area contributed by atoms with Crippen LogP contribution >= 0.6 is 0 Å². The van der Waals surface area contributed by atoms with E-state index in [4.69, 9.17) is 4.74 Å². The highest BCUT2D eigenvalue weighted by Gasteiger charge is 2.30. The summed E-state index contributed by atoms with van der Waals surface area (Å²) >= 11 is 0. The number of nitrogens with one attached hydrogen (secondary N) is 1. The summed E-state index contributed by atoms with van der Waals surface area (Å²) in [5, 5.41) is 3.07. The summed E-state index contributed by atoms with van der Waals surface area (Å²) in [5.74, 6) is -3.08. The van der Waals surface area contributed by atoms with Crippen LogP contribution in [0, 0.1) is 5.92 Å². The van der Waals surface area contributed by atoms with E-state index in [0.29, 0.717) is 19.1 Å². The van der Waals surface area contributed by atoms with Crippen LogP contribution in [0.1, 0.15) is 19.8 Å². The lowest BCUT2D eigenvalue weighted by Gasteiger charge is -2.29. The first kappa shape index (κ1) is 16.2. The van der Waals surface area contributed by atoms with Crippen molar-refractivity contribution in [3.8, 4) is 0 Å². The average Bonchev–Trinajstić information content (AvgIpc) is 2.48. The molecule has 0 amide bonds. The van der Waals surface area contributed by atoms with Crippen molar-refractivity contribution in [3.63, 3.8) is 0 Å². The Balaban J connectivity index is 2.20. The molecule has 1 aromatic carbocycles. The lowest BCUT2D eigenvalue weighted by molar-refractivity contribution is 0.0622. The van der Waals surface area contributed by atoms with E-state index in [9.17, 15) is 17.2 Å². The summed E-state index contributed by atoms with van der Waals surface area (Å²) < 4.78 is 54.2. The first-order chi connectivity index (χ1) is 9.93. The summed E-state index contributed by atoms with van der Waals surface area (Å²) in [6, 6.07) is 5.79. The molecule has 0 aromatic heterocycles. The van der Waals surface area contributed by atoms with E-state index < -0.39 is 15.6 Å². The predicted molar refractivity (Wildman–Crippen MR) is 76.3 cm³/mol. The van der Waals surface area contributed by atoms with Gasteiger partial charge in [0, 0.05) is 19.3 Å². The Morgan fingerprint density at radius 2 is 1.86 bits per heavy atom. The Morgan fingerprint density at radius 1 is 1.24 bits per heavy atom. The third-order valence-electron chi connectivity index (χ3n) is 3.78. The predicted octanol–water partition coefficient (Wildman–Crippen LogP) is 2.91. The normalized spacial score (nSPS) is 18.7. The monoisotopic (exact) mass is 319 g/mol. The van der Waals surface area contributed by atoms with E-state index in [1.807, 2.05) is 6.92 Å². The molecule has 1 aliphatic rings. The van der Waals surface area contributed by atoms with Gasteiger partial charge in [0.05, 0.1) is 10.6 Å². The number of rotatable bonds is 5. The number of sulfone groups is 1. The van der Waals surface area contributed by atoms with Gasteiger partial charge in [0.1, 0.15) is 0 Å². The Bertz CT molecular complexity index is 571. The first-order valence-corrected chi connectivity index (χ1v) is 8.43. The van der Waals surface area contributed by atoms with Gasteiger partial charge in [0.2, 0.25) is 9.84 Å². The van der Waals surface area contributed by atoms with Crippen LogP contribution in [0.15, 0.2) is 29.2 Å². The fourth-order valence-corrected chi connectivity index (χ4v) is 3.40. The molecule has 0 spiro atoms. The Kier molecular flexibility index (Phi) is 5.16. The number of ether oxygens (including phenoxy) is 1. The molecule has 0 saturated carbocycles. The molecule has 0 bridgehead atoms. The topological polar surface area (TPSA) is 55.4 Å². The smallest absolute Gasteiger partial charge is 0.341 e. The molecule has 0 aliphatic carbocycles. The third kappa shape index (κ3) is 3.71. The van der Waals surface area contributed by atoms with Crippen molar-refractivity contribution < 1.29 is 21.9 Å². The van der Waals surface area contributed by atoms with E-state index in [-0.39, 0.29) is 16.6 Å². The van der Waals surface area contributed by atoms with Crippen molar-refractivity contribution in [1.82, 2.24) is 0 Å². The van der Waals surface area contributed by atoms with Gasteiger partial charge in [-0.3, -0.25) is 0 Å². The fraction of sp³-hybridized carbons (Fsp3) is 0.571. The van der Waals surface area contributed by atoms with Crippen LogP contribution in [0.5, 0.6) is 0 Å². The van der Waals surface area contributed by atoms with E-state index in [0.717, 1.165) is 12.8 Å². The minimum atomic E-state index is -4.60. The zero-order valence-corrected chi connectivity index (χ0v) is 12.6. The van der Waals surface area contributed by atoms with Crippen LogP contribution in [0.2, 0.25) is 0 Å². The number of anilines is 1. The van der Waals surface area contributed by atoms with Gasteiger partial charge < -0.3 is 10.1 Å². The Hall–Kier alpha value is -1.21. The van der Waals surface area contributed by atoms with Gasteiger partial charge in [-0.1, -0.05) is 12.1 Å². The van der Waals surface area contributed by atoms with Crippen molar-refractivity contribution >= 4 is 15.5 Å². The molecule has 1 N–H and O–H groups in total. The summed E-state index contributed by atoms with van der Waals surface area (Å²) in [7, 11) is -4.60. The number of hydrogen-bond donors (Lipinski definition) is 1. The van der Waals surface area contributed by atoms with Gasteiger partial charge in [-0.25, -0.2) is 8.42 Å². The molecule has 4 nitrogen and oxygen atoms in total. The SMILES string of the molecule is CC(Nc1ccccc1S(=O)(=O)C(F)F)C1CCOCC1. The van der Waals surface area contributed by atoms with Gasteiger partial charge in [0.15, 0.2) is 0 Å². The molecule has 1 heterocycles. The maximum absolute atomic E-state index is 12.7. The zero-order chi connectivity index (χ0) is 15.5. The van der Waals surface area contributed by atoms with Crippen molar-refractivity contribution in [2.24, 2.45) is 5.92 Å². The molecule has 1 atom stereocenters. The zero-order valence-electron chi connectivity index (χ0n) is 11.8. The number of benzene rings is 1. The Labute approximate surface area is 123 Å². The minimum Gasteiger partial charge on any atom is -0.381 e. The molecular formula is C14H19F2NO3S. The summed E-state index contributed by atoms with van der Waals surface area (Å²) in [6.07, 6.45) is 1.75. The fourth-order valence-electron chi connectivity index (χ4n) is 2.51. The second kappa shape index (κ2) is 6.70. The summed E-state index contributed by atoms with van der Waals surface area (Å²) in [6.45, 7) is 3.28. The van der Waals surface area contributed by atoms with Crippen molar-refractivity contribution in [2.75, 3.05) is 18.5 Å². The van der Waals surface area contributed by atoms with Gasteiger partial charge in [0.25, 0.3) is 0 Å². The van der Waals surface area contributed by atoms with Crippen LogP contribution in [-0.4, -0.2) is 33.4 Å². The largest absolute Gasteiger partial charge is 0.381 e. The highest BCUT2D eigenvalue weighted by Crippen LogP contribution is 2.29. The molecule has 1 saturated heterocycles. The number of hydrogen-bond acceptors (Lipinski definition) is 4. The highest BCUT2D eigenvalue weighted by molar-refractivity contribution is 7.91. The minimum absolute atomic E-state index is 0.0112. The highest BCUT2D eigenvalue weighted by atomic mass is 32.2. The lowest BCUT2D eigenvalue weighted by Crippen LogP contribution is -2.31. The van der Waals surface area contributed by atoms with Crippen LogP contribution in [0.4, 0.5) is 14.5 Å². The van der Waals surface area contributed by atoms with Gasteiger partial charge in [-0.15, -0.1) is 0 Å². The van der Waals surface area contributed by atoms with Gasteiger partial charge in [-0.05, 0) is 37.8 Å². The number of halogens is 2. The maximum Gasteiger partial charge on any atom is 0.341 e. The molecule has 1 aliphatic heterocycles. The second-order valence-corrected chi connectivity index (χ2v) is 7.07. The van der Waals surface area contributed by atoms with Gasteiger partial charge >= 0.3 is 5.76 Å². The van der Waals surface area contributed by atoms with Crippen LogP contribution < -0.4 is 5.32 Å².